The smallest absolute Gasteiger partial charge is 0.277 e. The molecule has 24 heavy (non-hydrogen) atoms. The van der Waals surface area contributed by atoms with Gasteiger partial charge >= 0.3 is 0 Å². The minimum absolute atomic E-state index is 0.234. The number of thiazole rings is 1. The summed E-state index contributed by atoms with van der Waals surface area (Å²) in [5, 5.41) is 9.50. The van der Waals surface area contributed by atoms with Gasteiger partial charge in [-0.15, -0.1) is 11.3 Å². The van der Waals surface area contributed by atoms with Crippen molar-refractivity contribution in [3.8, 4) is 11.3 Å². The van der Waals surface area contributed by atoms with Crippen LogP contribution in [0.4, 0.5) is 5.13 Å². The number of aryl methyl sites for hydroxylation is 3. The molecule has 2 heterocycles. The summed E-state index contributed by atoms with van der Waals surface area (Å²) in [6.45, 7) is 0. The molecule has 5 nitrogen and oxygen atoms in total. The Morgan fingerprint density at radius 2 is 2.04 bits per heavy atom. The van der Waals surface area contributed by atoms with Gasteiger partial charge in [0.2, 0.25) is 0 Å². The van der Waals surface area contributed by atoms with Crippen molar-refractivity contribution in [3.63, 3.8) is 0 Å². The highest BCUT2D eigenvalue weighted by molar-refractivity contribution is 7.14. The van der Waals surface area contributed by atoms with Gasteiger partial charge in [-0.05, 0) is 48.9 Å². The van der Waals surface area contributed by atoms with Crippen molar-refractivity contribution in [2.75, 3.05) is 5.32 Å². The summed E-state index contributed by atoms with van der Waals surface area (Å²) in [6, 6.07) is 8.28. The minimum atomic E-state index is -0.234. The normalized spacial score (nSPS) is 13.5. The van der Waals surface area contributed by atoms with Crippen LogP contribution >= 0.6 is 11.3 Å². The fourth-order valence-electron chi connectivity index (χ4n) is 3.05. The second-order valence-electron chi connectivity index (χ2n) is 6.06. The van der Waals surface area contributed by atoms with Crippen LogP contribution < -0.4 is 5.32 Å². The molecular formula is C18H18N4OS. The molecule has 1 amide bonds. The van der Waals surface area contributed by atoms with Gasteiger partial charge in [0.1, 0.15) is 0 Å². The van der Waals surface area contributed by atoms with Crippen molar-refractivity contribution in [1.29, 1.82) is 0 Å². The van der Waals surface area contributed by atoms with Crippen LogP contribution in [0.15, 0.2) is 35.8 Å². The molecule has 1 aliphatic rings. The number of carbonyl (C=O) groups is 1. The molecule has 0 saturated carbocycles. The highest BCUT2D eigenvalue weighted by Crippen LogP contribution is 2.29. The molecule has 0 radical (unpaired) electrons. The van der Waals surface area contributed by atoms with Gasteiger partial charge in [0.25, 0.3) is 5.91 Å². The van der Waals surface area contributed by atoms with Crippen LogP contribution in [0.5, 0.6) is 0 Å². The molecule has 4 rings (SSSR count). The molecular weight excluding hydrogens is 320 g/mol. The van der Waals surface area contributed by atoms with Crippen LogP contribution in [0.1, 0.15) is 34.5 Å². The maximum Gasteiger partial charge on any atom is 0.277 e. The average molecular weight is 338 g/mol. The van der Waals surface area contributed by atoms with Crippen LogP contribution in [0.25, 0.3) is 11.3 Å². The van der Waals surface area contributed by atoms with Crippen molar-refractivity contribution >= 4 is 22.4 Å². The maximum atomic E-state index is 12.1. The van der Waals surface area contributed by atoms with Crippen molar-refractivity contribution in [2.24, 2.45) is 7.05 Å². The molecule has 1 aliphatic carbocycles. The summed E-state index contributed by atoms with van der Waals surface area (Å²) >= 11 is 1.43. The van der Waals surface area contributed by atoms with Gasteiger partial charge < -0.3 is 0 Å². The van der Waals surface area contributed by atoms with Crippen molar-refractivity contribution < 1.29 is 4.79 Å². The summed E-state index contributed by atoms with van der Waals surface area (Å²) in [5.41, 5.74) is 5.31. The highest BCUT2D eigenvalue weighted by Gasteiger charge is 2.14. The molecule has 122 valence electrons. The van der Waals surface area contributed by atoms with E-state index in [0.29, 0.717) is 10.8 Å². The second-order valence-corrected chi connectivity index (χ2v) is 6.92. The predicted molar refractivity (Wildman–Crippen MR) is 95.4 cm³/mol. The molecule has 0 bridgehead atoms. The Balaban J connectivity index is 1.53. The third-order valence-corrected chi connectivity index (χ3v) is 5.07. The summed E-state index contributed by atoms with van der Waals surface area (Å²) in [6.07, 6.45) is 6.62. The molecule has 0 aliphatic heterocycles. The first-order valence-corrected chi connectivity index (χ1v) is 8.96. The van der Waals surface area contributed by atoms with E-state index in [9.17, 15) is 4.79 Å². The Kier molecular flexibility index (Phi) is 3.90. The second kappa shape index (κ2) is 6.20. The lowest BCUT2D eigenvalue weighted by Crippen LogP contribution is -2.12. The molecule has 6 heteroatoms. The fourth-order valence-corrected chi connectivity index (χ4v) is 3.77. The van der Waals surface area contributed by atoms with Crippen LogP contribution in [-0.4, -0.2) is 20.7 Å². The van der Waals surface area contributed by atoms with E-state index in [1.54, 1.807) is 24.0 Å². The van der Waals surface area contributed by atoms with Crippen molar-refractivity contribution in [2.45, 2.75) is 25.7 Å². The first-order valence-electron chi connectivity index (χ1n) is 8.08. The van der Waals surface area contributed by atoms with Gasteiger partial charge in [-0.25, -0.2) is 4.98 Å². The average Bonchev–Trinajstić information content (AvgIpc) is 3.23. The Bertz CT molecular complexity index is 896. The number of hydrogen-bond donors (Lipinski definition) is 1. The van der Waals surface area contributed by atoms with Gasteiger partial charge in [-0.2, -0.15) is 5.10 Å². The van der Waals surface area contributed by atoms with Crippen LogP contribution in [-0.2, 0) is 19.9 Å². The summed E-state index contributed by atoms with van der Waals surface area (Å²) in [7, 11) is 1.79. The van der Waals surface area contributed by atoms with Crippen LogP contribution in [0.3, 0.4) is 0 Å². The summed E-state index contributed by atoms with van der Waals surface area (Å²) in [4.78, 5) is 16.7. The molecule has 0 spiro atoms. The number of nitrogens with zero attached hydrogens (tertiary/aromatic N) is 3. The molecule has 3 aromatic rings. The highest BCUT2D eigenvalue weighted by atomic mass is 32.1. The SMILES string of the molecule is Cn1ccc(C(=O)Nc2nc(-c3ccc4c(c3)CCCC4)cs2)n1. The van der Waals surface area contributed by atoms with Gasteiger partial charge in [0.05, 0.1) is 5.69 Å². The zero-order chi connectivity index (χ0) is 16.5. The Morgan fingerprint density at radius 3 is 2.83 bits per heavy atom. The quantitative estimate of drug-likeness (QED) is 0.792. The van der Waals surface area contributed by atoms with Crippen molar-refractivity contribution in [1.82, 2.24) is 14.8 Å². The third-order valence-electron chi connectivity index (χ3n) is 4.32. The largest absolute Gasteiger partial charge is 0.296 e. The standard InChI is InChI=1S/C18H18N4OS/c1-22-9-8-15(21-22)17(23)20-18-19-16(11-24-18)14-7-6-12-4-2-3-5-13(12)10-14/h6-11H,2-5H2,1H3,(H,19,20,23). The number of benzene rings is 1. The van der Waals surface area contributed by atoms with E-state index in [1.807, 2.05) is 5.38 Å². The maximum absolute atomic E-state index is 12.1. The molecule has 1 aromatic carbocycles. The lowest BCUT2D eigenvalue weighted by molar-refractivity contribution is 0.102. The first kappa shape index (κ1) is 15.1. The van der Waals surface area contributed by atoms with E-state index in [-0.39, 0.29) is 5.91 Å². The number of aromatic nitrogens is 3. The zero-order valence-corrected chi connectivity index (χ0v) is 14.3. The zero-order valence-electron chi connectivity index (χ0n) is 13.5. The number of anilines is 1. The Labute approximate surface area is 144 Å². The summed E-state index contributed by atoms with van der Waals surface area (Å²) < 4.78 is 1.61. The molecule has 2 aromatic heterocycles. The van der Waals surface area contributed by atoms with E-state index >= 15 is 0 Å². The van der Waals surface area contributed by atoms with Gasteiger partial charge in [-0.1, -0.05) is 12.1 Å². The summed E-state index contributed by atoms with van der Waals surface area (Å²) in [5.74, 6) is -0.234. The number of carbonyl (C=O) groups excluding carboxylic acids is 1. The molecule has 0 unspecified atom stereocenters. The van der Waals surface area contributed by atoms with Crippen LogP contribution in [0, 0.1) is 0 Å². The first-order chi connectivity index (χ1) is 11.7. The molecule has 1 N–H and O–H groups in total. The number of fused-ring (bicyclic) bond motifs is 1. The molecule has 0 saturated heterocycles. The fraction of sp³-hybridized carbons (Fsp3) is 0.278. The van der Waals surface area contributed by atoms with Gasteiger partial charge in [0.15, 0.2) is 10.8 Å². The Hall–Kier alpha value is -2.47. The van der Waals surface area contributed by atoms with E-state index in [0.717, 1.165) is 17.7 Å². The number of hydrogen-bond acceptors (Lipinski definition) is 4. The number of nitrogens with one attached hydrogen (secondary N) is 1. The monoisotopic (exact) mass is 338 g/mol. The molecule has 0 fully saturated rings. The Morgan fingerprint density at radius 1 is 1.21 bits per heavy atom. The van der Waals surface area contributed by atoms with Crippen LogP contribution in [0.2, 0.25) is 0 Å². The number of rotatable bonds is 3. The van der Waals surface area contributed by atoms with Gasteiger partial charge in [0, 0.05) is 24.2 Å². The van der Waals surface area contributed by atoms with E-state index in [4.69, 9.17) is 0 Å². The van der Waals surface area contributed by atoms with E-state index < -0.39 is 0 Å². The minimum Gasteiger partial charge on any atom is -0.296 e. The van der Waals surface area contributed by atoms with Crippen molar-refractivity contribution in [3.05, 3.63) is 52.7 Å². The predicted octanol–water partition coefficient (Wildman–Crippen LogP) is 3.67. The van der Waals surface area contributed by atoms with Gasteiger partial charge in [-0.3, -0.25) is 14.8 Å². The van der Waals surface area contributed by atoms with E-state index in [1.165, 1.54) is 41.7 Å². The lowest BCUT2D eigenvalue weighted by Gasteiger charge is -2.16. The lowest BCUT2D eigenvalue weighted by atomic mass is 9.90. The third kappa shape index (κ3) is 2.97. The topological polar surface area (TPSA) is 59.8 Å². The number of amides is 1. The molecule has 0 atom stereocenters. The van der Waals surface area contributed by atoms with E-state index in [2.05, 4.69) is 33.6 Å².